The van der Waals surface area contributed by atoms with Crippen molar-refractivity contribution in [3.05, 3.63) is 35.7 Å². The first-order valence-corrected chi connectivity index (χ1v) is 11.1. The van der Waals surface area contributed by atoms with Gasteiger partial charge in [0.1, 0.15) is 11.5 Å². The minimum Gasteiger partial charge on any atom is -0.354 e. The lowest BCUT2D eigenvalue weighted by Gasteiger charge is -2.38. The third-order valence-electron chi connectivity index (χ3n) is 6.41. The Hall–Kier alpha value is -2.54. The summed E-state index contributed by atoms with van der Waals surface area (Å²) in [6.07, 6.45) is 5.27. The molecular formula is C23H32N6O. The minimum atomic E-state index is 0.280. The molecule has 160 valence electrons. The summed E-state index contributed by atoms with van der Waals surface area (Å²) in [5.74, 6) is 1.94. The van der Waals surface area contributed by atoms with Crippen LogP contribution in [0.15, 0.2) is 24.4 Å². The van der Waals surface area contributed by atoms with E-state index in [0.717, 1.165) is 68.3 Å². The average Bonchev–Trinajstić information content (AvgIpc) is 2.77. The number of likely N-dealkylation sites (tertiary alicyclic amines) is 1. The molecule has 1 atom stereocenters. The Balaban J connectivity index is 1.41. The highest BCUT2D eigenvalue weighted by Crippen LogP contribution is 2.25. The number of piperazine rings is 1. The van der Waals surface area contributed by atoms with Crippen LogP contribution in [0, 0.1) is 13.8 Å². The van der Waals surface area contributed by atoms with Crippen LogP contribution in [0.1, 0.15) is 37.4 Å². The molecule has 0 bridgehead atoms. The van der Waals surface area contributed by atoms with Gasteiger partial charge in [0.2, 0.25) is 5.91 Å². The number of piperidine rings is 1. The summed E-state index contributed by atoms with van der Waals surface area (Å²) in [5, 5.41) is 0. The average molecular weight is 409 g/mol. The number of aryl methyl sites for hydroxylation is 1. The van der Waals surface area contributed by atoms with Gasteiger partial charge in [0.15, 0.2) is 5.82 Å². The Morgan fingerprint density at radius 1 is 1.07 bits per heavy atom. The summed E-state index contributed by atoms with van der Waals surface area (Å²) in [6.45, 7) is 11.2. The maximum Gasteiger partial charge on any atom is 0.236 e. The zero-order valence-corrected chi connectivity index (χ0v) is 18.3. The molecule has 0 spiro atoms. The second-order valence-electron chi connectivity index (χ2n) is 8.49. The Bertz CT molecular complexity index is 879. The third-order valence-corrected chi connectivity index (χ3v) is 6.41. The SMILES string of the molecule is Cc1nc(-c2ccccn2)nc(N2CCN(CC(=O)N3CCCCC3C)CC2)c1C. The highest BCUT2D eigenvalue weighted by atomic mass is 16.2. The monoisotopic (exact) mass is 408 g/mol. The van der Waals surface area contributed by atoms with E-state index in [4.69, 9.17) is 4.98 Å². The lowest BCUT2D eigenvalue weighted by Crippen LogP contribution is -2.52. The maximum atomic E-state index is 12.8. The number of carbonyl (C=O) groups excluding carboxylic acids is 1. The van der Waals surface area contributed by atoms with Crippen LogP contribution in [-0.2, 0) is 4.79 Å². The Kier molecular flexibility index (Phi) is 6.27. The Morgan fingerprint density at radius 3 is 2.57 bits per heavy atom. The van der Waals surface area contributed by atoms with Crippen molar-refractivity contribution in [1.82, 2.24) is 24.8 Å². The number of carbonyl (C=O) groups is 1. The van der Waals surface area contributed by atoms with Gasteiger partial charge in [0, 0.05) is 56.2 Å². The van der Waals surface area contributed by atoms with Crippen molar-refractivity contribution < 1.29 is 4.79 Å². The fraction of sp³-hybridized carbons (Fsp3) is 0.565. The second kappa shape index (κ2) is 9.08. The predicted octanol–water partition coefficient (Wildman–Crippen LogP) is 2.68. The summed E-state index contributed by atoms with van der Waals surface area (Å²) in [5.41, 5.74) is 2.89. The Morgan fingerprint density at radius 2 is 1.87 bits per heavy atom. The second-order valence-corrected chi connectivity index (χ2v) is 8.49. The molecule has 2 aromatic rings. The number of hydrogen-bond donors (Lipinski definition) is 0. The summed E-state index contributed by atoms with van der Waals surface area (Å²) in [6, 6.07) is 6.18. The molecule has 7 heteroatoms. The molecule has 7 nitrogen and oxygen atoms in total. The molecule has 0 saturated carbocycles. The number of nitrogens with zero attached hydrogens (tertiary/aromatic N) is 6. The van der Waals surface area contributed by atoms with E-state index in [2.05, 4.69) is 38.5 Å². The van der Waals surface area contributed by atoms with Crippen LogP contribution in [0.25, 0.3) is 11.5 Å². The summed E-state index contributed by atoms with van der Waals surface area (Å²) < 4.78 is 0. The highest BCUT2D eigenvalue weighted by Gasteiger charge is 2.27. The predicted molar refractivity (Wildman–Crippen MR) is 118 cm³/mol. The standard InChI is InChI=1S/C23H32N6O/c1-17-8-5-7-11-29(17)21(30)16-27-12-14-28(15-13-27)23-18(2)19(3)25-22(26-23)20-9-4-6-10-24-20/h4,6,9-10,17H,5,7-8,11-16H2,1-3H3. The van der Waals surface area contributed by atoms with Crippen molar-refractivity contribution in [3.63, 3.8) is 0 Å². The summed E-state index contributed by atoms with van der Waals surface area (Å²) in [4.78, 5) is 33.4. The van der Waals surface area contributed by atoms with E-state index in [0.29, 0.717) is 18.4 Å². The van der Waals surface area contributed by atoms with Gasteiger partial charge >= 0.3 is 0 Å². The van der Waals surface area contributed by atoms with Crippen LogP contribution in [0.2, 0.25) is 0 Å². The van der Waals surface area contributed by atoms with Gasteiger partial charge in [-0.2, -0.15) is 0 Å². The number of rotatable bonds is 4. The van der Waals surface area contributed by atoms with Crippen LogP contribution >= 0.6 is 0 Å². The topological polar surface area (TPSA) is 65.5 Å². The van der Waals surface area contributed by atoms with Crippen LogP contribution < -0.4 is 4.90 Å². The molecule has 2 fully saturated rings. The zero-order chi connectivity index (χ0) is 21.1. The number of aromatic nitrogens is 3. The van der Waals surface area contributed by atoms with Crippen molar-refractivity contribution in [2.75, 3.05) is 44.2 Å². The van der Waals surface area contributed by atoms with Gasteiger partial charge in [0.25, 0.3) is 0 Å². The molecule has 2 aromatic heterocycles. The summed E-state index contributed by atoms with van der Waals surface area (Å²) in [7, 11) is 0. The molecule has 2 aliphatic rings. The van der Waals surface area contributed by atoms with Crippen LogP contribution in [-0.4, -0.2) is 76.0 Å². The lowest BCUT2D eigenvalue weighted by atomic mass is 10.0. The number of hydrogen-bond acceptors (Lipinski definition) is 6. The zero-order valence-electron chi connectivity index (χ0n) is 18.3. The number of amides is 1. The van der Waals surface area contributed by atoms with E-state index in [1.165, 1.54) is 6.42 Å². The van der Waals surface area contributed by atoms with E-state index in [9.17, 15) is 4.79 Å². The fourth-order valence-electron chi connectivity index (χ4n) is 4.40. The van der Waals surface area contributed by atoms with Gasteiger partial charge in [-0.1, -0.05) is 6.07 Å². The molecule has 0 aliphatic carbocycles. The van der Waals surface area contributed by atoms with Crippen molar-refractivity contribution in [1.29, 1.82) is 0 Å². The van der Waals surface area contributed by atoms with Gasteiger partial charge in [-0.15, -0.1) is 0 Å². The normalized spacial score (nSPS) is 20.4. The first kappa shape index (κ1) is 20.7. The highest BCUT2D eigenvalue weighted by molar-refractivity contribution is 5.78. The molecule has 4 rings (SSSR count). The van der Waals surface area contributed by atoms with Gasteiger partial charge < -0.3 is 9.80 Å². The maximum absolute atomic E-state index is 12.8. The first-order chi connectivity index (χ1) is 14.5. The molecule has 0 aromatic carbocycles. The molecule has 1 amide bonds. The fourth-order valence-corrected chi connectivity index (χ4v) is 4.40. The van der Waals surface area contributed by atoms with Crippen molar-refractivity contribution in [3.8, 4) is 11.5 Å². The van der Waals surface area contributed by atoms with Gasteiger partial charge in [-0.05, 0) is 52.2 Å². The molecule has 1 unspecified atom stereocenters. The van der Waals surface area contributed by atoms with Crippen molar-refractivity contribution in [2.24, 2.45) is 0 Å². The molecule has 2 aliphatic heterocycles. The van der Waals surface area contributed by atoms with Crippen LogP contribution in [0.5, 0.6) is 0 Å². The molecule has 4 heterocycles. The van der Waals surface area contributed by atoms with E-state index in [1.807, 2.05) is 25.1 Å². The third kappa shape index (κ3) is 4.46. The molecule has 0 radical (unpaired) electrons. The van der Waals surface area contributed by atoms with Crippen molar-refractivity contribution in [2.45, 2.75) is 46.1 Å². The summed E-state index contributed by atoms with van der Waals surface area (Å²) >= 11 is 0. The van der Waals surface area contributed by atoms with Gasteiger partial charge in [0.05, 0.1) is 6.54 Å². The molecular weight excluding hydrogens is 376 g/mol. The first-order valence-electron chi connectivity index (χ1n) is 11.1. The quantitative estimate of drug-likeness (QED) is 0.775. The molecule has 30 heavy (non-hydrogen) atoms. The molecule has 2 saturated heterocycles. The number of anilines is 1. The smallest absolute Gasteiger partial charge is 0.236 e. The number of pyridine rings is 1. The van der Waals surface area contributed by atoms with Crippen molar-refractivity contribution >= 4 is 11.7 Å². The Labute approximate surface area is 179 Å². The van der Waals surface area contributed by atoms with E-state index >= 15 is 0 Å². The van der Waals surface area contributed by atoms with Crippen LogP contribution in [0.4, 0.5) is 5.82 Å². The largest absolute Gasteiger partial charge is 0.354 e. The van der Waals surface area contributed by atoms with Crippen LogP contribution in [0.3, 0.4) is 0 Å². The van der Waals surface area contributed by atoms with Gasteiger partial charge in [-0.25, -0.2) is 9.97 Å². The van der Waals surface area contributed by atoms with E-state index in [1.54, 1.807) is 6.20 Å². The van der Waals surface area contributed by atoms with Gasteiger partial charge in [-0.3, -0.25) is 14.7 Å². The molecule has 0 N–H and O–H groups in total. The van der Waals surface area contributed by atoms with E-state index < -0.39 is 0 Å². The van der Waals surface area contributed by atoms with E-state index in [-0.39, 0.29) is 5.91 Å². The lowest BCUT2D eigenvalue weighted by molar-refractivity contribution is -0.135. The minimum absolute atomic E-state index is 0.280.